The largest absolute Gasteiger partial charge is 0.275 e. The van der Waals surface area contributed by atoms with Gasteiger partial charge in [-0.1, -0.05) is 15.9 Å². The average Bonchev–Trinajstić information content (AvgIpc) is 2.83. The average molecular weight is 384 g/mol. The smallest absolute Gasteiger partial charge is 0.0975 e. The Balaban J connectivity index is 2.28. The van der Waals surface area contributed by atoms with Crippen LogP contribution in [0.25, 0.3) is 11.1 Å². The molecule has 1 heterocycles. The predicted octanol–water partition coefficient (Wildman–Crippen LogP) is 3.96. The van der Waals surface area contributed by atoms with Crippen molar-refractivity contribution < 1.29 is 4.21 Å². The van der Waals surface area contributed by atoms with Gasteiger partial charge in [0.15, 0.2) is 0 Å². The standard InChI is InChI=1S/C16H22BrN3OS/c1-11(19-22(21)16(2,3)4)12-6-13(8-15(17)7-12)14-9-18-20(5)10-14/h6-11,19H,1-5H3. The van der Waals surface area contributed by atoms with Gasteiger partial charge in [-0.3, -0.25) is 4.68 Å². The highest BCUT2D eigenvalue weighted by Crippen LogP contribution is 2.28. The Hall–Kier alpha value is -0.980. The summed E-state index contributed by atoms with van der Waals surface area (Å²) in [4.78, 5) is 0. The predicted molar refractivity (Wildman–Crippen MR) is 95.8 cm³/mol. The van der Waals surface area contributed by atoms with E-state index in [0.29, 0.717) is 0 Å². The van der Waals surface area contributed by atoms with Crippen molar-refractivity contribution >= 4 is 26.9 Å². The molecule has 0 aliphatic carbocycles. The van der Waals surface area contributed by atoms with Gasteiger partial charge >= 0.3 is 0 Å². The van der Waals surface area contributed by atoms with Gasteiger partial charge in [0, 0.05) is 29.3 Å². The summed E-state index contributed by atoms with van der Waals surface area (Å²) < 4.78 is 17.9. The molecule has 0 fully saturated rings. The summed E-state index contributed by atoms with van der Waals surface area (Å²) in [6, 6.07) is 6.22. The fourth-order valence-electron chi connectivity index (χ4n) is 2.00. The zero-order valence-corrected chi connectivity index (χ0v) is 16.0. The van der Waals surface area contributed by atoms with Crippen LogP contribution in [0.5, 0.6) is 0 Å². The minimum atomic E-state index is -1.10. The second-order valence-electron chi connectivity index (χ2n) is 6.40. The van der Waals surface area contributed by atoms with Crippen molar-refractivity contribution in [2.45, 2.75) is 38.5 Å². The van der Waals surface area contributed by atoms with E-state index >= 15 is 0 Å². The molecule has 0 radical (unpaired) electrons. The third-order valence-electron chi connectivity index (χ3n) is 3.30. The van der Waals surface area contributed by atoms with Gasteiger partial charge in [-0.2, -0.15) is 5.10 Å². The van der Waals surface area contributed by atoms with Gasteiger partial charge in [-0.25, -0.2) is 8.93 Å². The molecule has 2 unspecified atom stereocenters. The van der Waals surface area contributed by atoms with Crippen LogP contribution in [-0.4, -0.2) is 18.7 Å². The minimum Gasteiger partial charge on any atom is -0.275 e. The summed E-state index contributed by atoms with van der Waals surface area (Å²) >= 11 is 3.56. The van der Waals surface area contributed by atoms with E-state index in [1.54, 1.807) is 4.68 Å². The molecule has 0 aliphatic heterocycles. The lowest BCUT2D eigenvalue weighted by atomic mass is 10.0. The van der Waals surface area contributed by atoms with Crippen molar-refractivity contribution in [3.8, 4) is 11.1 Å². The van der Waals surface area contributed by atoms with Gasteiger partial charge in [0.25, 0.3) is 0 Å². The summed E-state index contributed by atoms with van der Waals surface area (Å²) in [6.45, 7) is 7.92. The summed E-state index contributed by atoms with van der Waals surface area (Å²) in [5.74, 6) is 0. The first-order valence-electron chi connectivity index (χ1n) is 7.14. The number of halogens is 1. The quantitative estimate of drug-likeness (QED) is 0.867. The third kappa shape index (κ3) is 4.27. The van der Waals surface area contributed by atoms with Gasteiger partial charge < -0.3 is 0 Å². The lowest BCUT2D eigenvalue weighted by Gasteiger charge is -2.22. The Morgan fingerprint density at radius 2 is 1.95 bits per heavy atom. The van der Waals surface area contributed by atoms with Gasteiger partial charge in [0.2, 0.25) is 0 Å². The van der Waals surface area contributed by atoms with Crippen molar-refractivity contribution in [1.82, 2.24) is 14.5 Å². The molecule has 2 aromatic rings. The Kier molecular flexibility index (Phi) is 5.25. The molecule has 2 rings (SSSR count). The Morgan fingerprint density at radius 1 is 1.27 bits per heavy atom. The van der Waals surface area contributed by atoms with Crippen LogP contribution in [0.1, 0.15) is 39.3 Å². The highest BCUT2D eigenvalue weighted by atomic mass is 79.9. The first kappa shape index (κ1) is 17.4. The summed E-state index contributed by atoms with van der Waals surface area (Å²) in [6.07, 6.45) is 3.83. The maximum absolute atomic E-state index is 12.3. The molecule has 6 heteroatoms. The molecule has 1 aromatic heterocycles. The first-order chi connectivity index (χ1) is 10.2. The normalized spacial score (nSPS) is 14.8. The molecule has 0 spiro atoms. The van der Waals surface area contributed by atoms with Gasteiger partial charge in [0.05, 0.1) is 21.9 Å². The summed E-state index contributed by atoms with van der Waals surface area (Å²) in [5.41, 5.74) is 3.24. The van der Waals surface area contributed by atoms with Crippen molar-refractivity contribution in [3.05, 3.63) is 40.6 Å². The van der Waals surface area contributed by atoms with E-state index in [1.807, 2.05) is 47.1 Å². The second kappa shape index (κ2) is 6.64. The monoisotopic (exact) mass is 383 g/mol. The van der Waals surface area contributed by atoms with Gasteiger partial charge in [-0.15, -0.1) is 0 Å². The third-order valence-corrected chi connectivity index (χ3v) is 5.44. The van der Waals surface area contributed by atoms with E-state index in [1.165, 1.54) is 0 Å². The summed E-state index contributed by atoms with van der Waals surface area (Å²) in [5, 5.41) is 4.21. The van der Waals surface area contributed by atoms with E-state index in [2.05, 4.69) is 43.9 Å². The number of benzene rings is 1. The lowest BCUT2D eigenvalue weighted by Crippen LogP contribution is -2.34. The van der Waals surface area contributed by atoms with Crippen LogP contribution in [-0.2, 0) is 18.0 Å². The maximum atomic E-state index is 12.3. The van der Waals surface area contributed by atoms with Crippen molar-refractivity contribution in [3.63, 3.8) is 0 Å². The van der Waals surface area contributed by atoms with Crippen LogP contribution in [0.4, 0.5) is 0 Å². The van der Waals surface area contributed by atoms with Crippen LogP contribution in [0, 0.1) is 0 Å². The van der Waals surface area contributed by atoms with Crippen molar-refractivity contribution in [2.24, 2.45) is 7.05 Å². The van der Waals surface area contributed by atoms with Crippen LogP contribution < -0.4 is 4.72 Å². The molecular weight excluding hydrogens is 362 g/mol. The summed E-state index contributed by atoms with van der Waals surface area (Å²) in [7, 11) is 0.799. The van der Waals surface area contributed by atoms with Crippen LogP contribution in [0.15, 0.2) is 35.1 Å². The lowest BCUT2D eigenvalue weighted by molar-refractivity contribution is 0.616. The second-order valence-corrected chi connectivity index (χ2v) is 9.31. The molecule has 22 heavy (non-hydrogen) atoms. The topological polar surface area (TPSA) is 46.9 Å². The molecule has 1 N–H and O–H groups in total. The molecule has 0 saturated heterocycles. The van der Waals surface area contributed by atoms with Crippen molar-refractivity contribution in [1.29, 1.82) is 0 Å². The Bertz CT molecular complexity index is 691. The van der Waals surface area contributed by atoms with Crippen LogP contribution in [0.2, 0.25) is 0 Å². The number of nitrogens with zero attached hydrogens (tertiary/aromatic N) is 2. The Morgan fingerprint density at radius 3 is 2.50 bits per heavy atom. The number of nitrogens with one attached hydrogen (secondary N) is 1. The van der Waals surface area contributed by atoms with Gasteiger partial charge in [0.1, 0.15) is 0 Å². The number of aryl methyl sites for hydroxylation is 1. The number of aromatic nitrogens is 2. The van der Waals surface area contributed by atoms with Crippen molar-refractivity contribution in [2.75, 3.05) is 0 Å². The molecule has 0 bridgehead atoms. The molecule has 0 amide bonds. The van der Waals surface area contributed by atoms with Crippen LogP contribution in [0.3, 0.4) is 0 Å². The number of hydrogen-bond donors (Lipinski definition) is 1. The fraction of sp³-hybridized carbons (Fsp3) is 0.438. The van der Waals surface area contributed by atoms with E-state index in [0.717, 1.165) is 21.2 Å². The zero-order valence-electron chi connectivity index (χ0n) is 13.6. The fourth-order valence-corrected chi connectivity index (χ4v) is 3.33. The SMILES string of the molecule is CC(NS(=O)C(C)(C)C)c1cc(Br)cc(-c2cnn(C)c2)c1. The Labute approximate surface area is 143 Å². The van der Waals surface area contributed by atoms with Crippen LogP contribution >= 0.6 is 15.9 Å². The molecule has 0 saturated carbocycles. The minimum absolute atomic E-state index is 0.00650. The van der Waals surface area contributed by atoms with E-state index in [4.69, 9.17) is 0 Å². The zero-order chi connectivity index (χ0) is 16.5. The first-order valence-corrected chi connectivity index (χ1v) is 9.08. The highest BCUT2D eigenvalue weighted by Gasteiger charge is 2.22. The molecule has 4 nitrogen and oxygen atoms in total. The molecule has 2 atom stereocenters. The molecular formula is C16H22BrN3OS. The highest BCUT2D eigenvalue weighted by molar-refractivity contribution is 9.10. The number of rotatable bonds is 4. The van der Waals surface area contributed by atoms with Gasteiger partial charge in [-0.05, 0) is 57.0 Å². The molecule has 1 aromatic carbocycles. The molecule has 120 valence electrons. The van der Waals surface area contributed by atoms with E-state index in [-0.39, 0.29) is 10.8 Å². The van der Waals surface area contributed by atoms with E-state index in [9.17, 15) is 4.21 Å². The number of hydrogen-bond acceptors (Lipinski definition) is 2. The molecule has 0 aliphatic rings. The van der Waals surface area contributed by atoms with E-state index < -0.39 is 11.0 Å². The maximum Gasteiger partial charge on any atom is 0.0975 e.